The van der Waals surface area contributed by atoms with Gasteiger partial charge >= 0.3 is 0 Å². The number of phenolic OH excluding ortho intramolecular Hbond substituents is 1. The summed E-state index contributed by atoms with van der Waals surface area (Å²) in [6.07, 6.45) is 7.55. The molecule has 4 saturated heterocycles. The van der Waals surface area contributed by atoms with Gasteiger partial charge in [-0.05, 0) is 127 Å². The van der Waals surface area contributed by atoms with Gasteiger partial charge in [-0.1, -0.05) is 18.2 Å². The fraction of sp³-hybridized carbons (Fsp3) is 0.523. The summed E-state index contributed by atoms with van der Waals surface area (Å²) in [4.78, 5) is 46.5. The standard InChI is InChI=1S/C44H53N5O5/c50-36-7-10-38-32(26-36)3-8-37(30-15-23-54-24-16-30)42(38)31-1-4-34(5-2-31)47-17-13-29(14-18-47)27-46-19-21-48(22-20-46)35-6-9-39-33(25-35)28-49(44(39)53)40-11-12-41(51)45-43(40)52/h1-2,4-7,9-10,25-26,29-30,37,40,42,50H,3,8,11-24,27-28H2,(H,45,51,52)/t37-,40+,42+/m0/s1. The van der Waals surface area contributed by atoms with Crippen LogP contribution in [0.1, 0.15) is 83.5 Å². The van der Waals surface area contributed by atoms with E-state index in [4.69, 9.17) is 4.74 Å². The number of imide groups is 1. The molecule has 0 radical (unpaired) electrons. The molecule has 0 saturated carbocycles. The average Bonchev–Trinajstić information content (AvgIpc) is 3.53. The number of carbonyl (C=O) groups excluding carboxylic acids is 3. The summed E-state index contributed by atoms with van der Waals surface area (Å²) in [6.45, 7) is 9.44. The van der Waals surface area contributed by atoms with Crippen molar-refractivity contribution < 1.29 is 24.2 Å². The molecule has 0 unspecified atom stereocenters. The van der Waals surface area contributed by atoms with Crippen LogP contribution in [0.3, 0.4) is 0 Å². The summed E-state index contributed by atoms with van der Waals surface area (Å²) in [6, 6.07) is 21.0. The molecule has 4 fully saturated rings. The molecule has 284 valence electrons. The van der Waals surface area contributed by atoms with Gasteiger partial charge in [0.25, 0.3) is 5.91 Å². The Balaban J connectivity index is 0.773. The summed E-state index contributed by atoms with van der Waals surface area (Å²) >= 11 is 0. The number of aromatic hydroxyl groups is 1. The van der Waals surface area contributed by atoms with Crippen LogP contribution in [0, 0.1) is 17.8 Å². The number of nitrogens with one attached hydrogen (secondary N) is 1. The number of benzene rings is 3. The molecular weight excluding hydrogens is 679 g/mol. The number of hydrogen-bond donors (Lipinski definition) is 2. The van der Waals surface area contributed by atoms with Gasteiger partial charge in [-0.2, -0.15) is 0 Å². The van der Waals surface area contributed by atoms with Crippen LogP contribution in [-0.4, -0.2) is 97.7 Å². The quantitative estimate of drug-likeness (QED) is 0.315. The van der Waals surface area contributed by atoms with Gasteiger partial charge < -0.3 is 24.5 Å². The van der Waals surface area contributed by atoms with Crippen molar-refractivity contribution in [1.29, 1.82) is 0 Å². The number of nitrogens with zero attached hydrogens (tertiary/aromatic N) is 4. The first-order valence-electron chi connectivity index (χ1n) is 20.4. The molecule has 3 atom stereocenters. The number of rotatable bonds is 7. The van der Waals surface area contributed by atoms with Crippen molar-refractivity contribution in [3.05, 3.63) is 88.5 Å². The molecule has 2 N–H and O–H groups in total. The summed E-state index contributed by atoms with van der Waals surface area (Å²) in [5.74, 6) is 1.96. The van der Waals surface area contributed by atoms with E-state index in [1.165, 1.54) is 41.6 Å². The number of phenols is 1. The number of aryl methyl sites for hydroxylation is 1. The van der Waals surface area contributed by atoms with Gasteiger partial charge in [-0.25, -0.2) is 0 Å². The average molecular weight is 732 g/mol. The van der Waals surface area contributed by atoms with Gasteiger partial charge in [0, 0.05) is 94.8 Å². The Morgan fingerprint density at radius 2 is 1.46 bits per heavy atom. The monoisotopic (exact) mass is 731 g/mol. The summed E-state index contributed by atoms with van der Waals surface area (Å²) in [5, 5.41) is 12.6. The summed E-state index contributed by atoms with van der Waals surface area (Å²) < 4.78 is 5.74. The van der Waals surface area contributed by atoms with Crippen molar-refractivity contribution in [3.8, 4) is 5.75 Å². The zero-order valence-electron chi connectivity index (χ0n) is 31.3. The number of amides is 3. The molecule has 5 heterocycles. The van der Waals surface area contributed by atoms with Crippen LogP contribution in [0.15, 0.2) is 60.7 Å². The smallest absolute Gasteiger partial charge is 0.255 e. The Morgan fingerprint density at radius 1 is 0.722 bits per heavy atom. The van der Waals surface area contributed by atoms with Crippen molar-refractivity contribution >= 4 is 29.1 Å². The van der Waals surface area contributed by atoms with Crippen molar-refractivity contribution in [3.63, 3.8) is 0 Å². The van der Waals surface area contributed by atoms with E-state index in [0.29, 0.717) is 48.0 Å². The maximum Gasteiger partial charge on any atom is 0.255 e. The third-order valence-electron chi connectivity index (χ3n) is 13.5. The minimum atomic E-state index is -0.583. The SMILES string of the molecule is O=C1CC[C@@H](N2Cc3cc(N4CCN(CC5CCN(c6ccc([C@H]7c8ccc(O)cc8CC[C@H]7C7CCOCC7)cc6)CC5)CC4)ccc3C2=O)C(=O)N1. The second-order valence-electron chi connectivity index (χ2n) is 16.6. The van der Waals surface area contributed by atoms with E-state index in [-0.39, 0.29) is 24.1 Å². The zero-order chi connectivity index (χ0) is 36.8. The number of ether oxygens (including phenoxy) is 1. The molecular formula is C44H53N5O5. The van der Waals surface area contributed by atoms with Crippen molar-refractivity contribution in [2.24, 2.45) is 17.8 Å². The lowest BCUT2D eigenvalue weighted by molar-refractivity contribution is -0.136. The van der Waals surface area contributed by atoms with Crippen LogP contribution in [0.25, 0.3) is 0 Å². The fourth-order valence-corrected chi connectivity index (χ4v) is 10.5. The molecule has 0 aromatic heterocycles. The third-order valence-corrected chi connectivity index (χ3v) is 13.5. The van der Waals surface area contributed by atoms with Gasteiger partial charge in [0.05, 0.1) is 0 Å². The van der Waals surface area contributed by atoms with Gasteiger partial charge in [0.2, 0.25) is 11.8 Å². The highest BCUT2D eigenvalue weighted by Crippen LogP contribution is 2.47. The largest absolute Gasteiger partial charge is 0.508 e. The van der Waals surface area contributed by atoms with Gasteiger partial charge in [0.15, 0.2) is 0 Å². The predicted molar refractivity (Wildman–Crippen MR) is 208 cm³/mol. The maximum atomic E-state index is 13.2. The van der Waals surface area contributed by atoms with Crippen LogP contribution in [0.5, 0.6) is 5.75 Å². The van der Waals surface area contributed by atoms with E-state index in [0.717, 1.165) is 89.5 Å². The highest BCUT2D eigenvalue weighted by atomic mass is 16.5. The van der Waals surface area contributed by atoms with E-state index in [2.05, 4.69) is 56.4 Å². The minimum Gasteiger partial charge on any atom is -0.508 e. The Morgan fingerprint density at radius 3 is 2.22 bits per heavy atom. The number of fused-ring (bicyclic) bond motifs is 2. The van der Waals surface area contributed by atoms with Crippen LogP contribution >= 0.6 is 0 Å². The molecule has 9 rings (SSSR count). The Hall–Kier alpha value is -4.41. The number of carbonyl (C=O) groups is 3. The zero-order valence-corrected chi connectivity index (χ0v) is 31.3. The molecule has 0 spiro atoms. The number of anilines is 2. The van der Waals surface area contributed by atoms with E-state index < -0.39 is 6.04 Å². The molecule has 1 aliphatic carbocycles. The van der Waals surface area contributed by atoms with Gasteiger partial charge in [-0.15, -0.1) is 0 Å². The second kappa shape index (κ2) is 15.0. The summed E-state index contributed by atoms with van der Waals surface area (Å²) in [5.41, 5.74) is 8.19. The van der Waals surface area contributed by atoms with Gasteiger partial charge in [0.1, 0.15) is 11.8 Å². The lowest BCUT2D eigenvalue weighted by atomic mass is 9.65. The topological polar surface area (TPSA) is 106 Å². The number of piperazine rings is 1. The normalized spacial score (nSPS) is 25.8. The summed E-state index contributed by atoms with van der Waals surface area (Å²) in [7, 11) is 0. The van der Waals surface area contributed by atoms with Gasteiger partial charge in [-0.3, -0.25) is 24.6 Å². The Bertz CT molecular complexity index is 1880. The van der Waals surface area contributed by atoms with E-state index in [9.17, 15) is 19.5 Å². The molecule has 6 aliphatic rings. The molecule has 3 aromatic carbocycles. The third kappa shape index (κ3) is 6.99. The number of piperidine rings is 2. The van der Waals surface area contributed by atoms with Crippen LogP contribution in [0.2, 0.25) is 0 Å². The fourth-order valence-electron chi connectivity index (χ4n) is 10.5. The lowest BCUT2D eigenvalue weighted by Gasteiger charge is -2.41. The lowest BCUT2D eigenvalue weighted by Crippen LogP contribution is -2.52. The number of hydrogen-bond acceptors (Lipinski definition) is 8. The highest BCUT2D eigenvalue weighted by molar-refractivity contribution is 6.05. The second-order valence-corrected chi connectivity index (χ2v) is 16.6. The highest BCUT2D eigenvalue weighted by Gasteiger charge is 2.40. The predicted octanol–water partition coefficient (Wildman–Crippen LogP) is 5.31. The van der Waals surface area contributed by atoms with Crippen molar-refractivity contribution in [2.75, 3.05) is 68.8 Å². The van der Waals surface area contributed by atoms with E-state index in [1.54, 1.807) is 4.90 Å². The molecule has 54 heavy (non-hydrogen) atoms. The maximum absolute atomic E-state index is 13.2. The molecule has 0 bridgehead atoms. The first-order chi connectivity index (χ1) is 26.4. The van der Waals surface area contributed by atoms with Crippen LogP contribution in [-0.2, 0) is 27.3 Å². The van der Waals surface area contributed by atoms with Crippen molar-refractivity contribution in [2.45, 2.75) is 69.9 Å². The Kier molecular flexibility index (Phi) is 9.82. The Labute approximate surface area is 318 Å². The molecule has 3 amide bonds. The van der Waals surface area contributed by atoms with E-state index in [1.807, 2.05) is 24.3 Å². The van der Waals surface area contributed by atoms with E-state index >= 15 is 0 Å². The first kappa shape index (κ1) is 35.3. The molecule has 10 heteroatoms. The van der Waals surface area contributed by atoms with Crippen LogP contribution < -0.4 is 15.1 Å². The molecule has 10 nitrogen and oxygen atoms in total. The molecule has 5 aliphatic heterocycles. The van der Waals surface area contributed by atoms with Crippen molar-refractivity contribution in [1.82, 2.24) is 15.1 Å². The van der Waals surface area contributed by atoms with Crippen LogP contribution in [0.4, 0.5) is 11.4 Å². The first-order valence-corrected chi connectivity index (χ1v) is 20.4. The minimum absolute atomic E-state index is 0.119. The molecule has 3 aromatic rings.